The average Bonchev–Trinajstić information content (AvgIpc) is 3.06. The zero-order valence-electron chi connectivity index (χ0n) is 12.1. The number of benzene rings is 1. The van der Waals surface area contributed by atoms with Crippen molar-refractivity contribution in [3.8, 4) is 11.5 Å². The molecule has 1 aromatic rings. The lowest BCUT2D eigenvalue weighted by molar-refractivity contribution is -0.130. The summed E-state index contributed by atoms with van der Waals surface area (Å²) >= 11 is 0. The molecule has 1 fully saturated rings. The number of nitrogens with zero attached hydrogens (tertiary/aromatic N) is 1. The molecule has 108 valence electrons. The number of amides is 1. The van der Waals surface area contributed by atoms with Gasteiger partial charge in [-0.3, -0.25) is 4.79 Å². The minimum absolute atomic E-state index is 0.281. The summed E-state index contributed by atoms with van der Waals surface area (Å²) in [4.78, 5) is 14.1. The van der Waals surface area contributed by atoms with Gasteiger partial charge in [0.15, 0.2) is 11.5 Å². The molecule has 2 heterocycles. The topological polar surface area (TPSA) is 38.8 Å². The second-order valence-electron chi connectivity index (χ2n) is 6.04. The van der Waals surface area contributed by atoms with E-state index >= 15 is 0 Å². The van der Waals surface area contributed by atoms with Crippen LogP contribution in [0.2, 0.25) is 0 Å². The van der Waals surface area contributed by atoms with E-state index in [0.717, 1.165) is 31.0 Å². The first kappa shape index (κ1) is 13.3. The first-order valence-corrected chi connectivity index (χ1v) is 7.31. The van der Waals surface area contributed by atoms with Crippen molar-refractivity contribution in [2.75, 3.05) is 19.9 Å². The maximum atomic E-state index is 12.1. The summed E-state index contributed by atoms with van der Waals surface area (Å²) in [6, 6.07) is 6.12. The smallest absolute Gasteiger partial charge is 0.231 e. The Bertz CT molecular complexity index is 512. The number of carbonyl (C=O) groups is 1. The van der Waals surface area contributed by atoms with Gasteiger partial charge in [-0.2, -0.15) is 0 Å². The van der Waals surface area contributed by atoms with Gasteiger partial charge < -0.3 is 14.4 Å². The average molecular weight is 275 g/mol. The molecule has 0 aliphatic carbocycles. The van der Waals surface area contributed by atoms with E-state index in [2.05, 4.69) is 26.0 Å². The number of hydrogen-bond acceptors (Lipinski definition) is 3. The SMILES string of the molecule is CC(C)CC(=O)N1CCC(c2ccc3c(c2)OCO3)C1. The lowest BCUT2D eigenvalue weighted by Gasteiger charge is -2.18. The van der Waals surface area contributed by atoms with Crippen LogP contribution in [0.1, 0.15) is 38.2 Å². The number of fused-ring (bicyclic) bond motifs is 1. The maximum Gasteiger partial charge on any atom is 0.231 e. The quantitative estimate of drug-likeness (QED) is 0.851. The summed E-state index contributed by atoms with van der Waals surface area (Å²) in [5, 5.41) is 0. The molecule has 20 heavy (non-hydrogen) atoms. The zero-order valence-corrected chi connectivity index (χ0v) is 12.1. The monoisotopic (exact) mass is 275 g/mol. The molecule has 3 rings (SSSR count). The highest BCUT2D eigenvalue weighted by atomic mass is 16.7. The highest BCUT2D eigenvalue weighted by Gasteiger charge is 2.28. The van der Waals surface area contributed by atoms with E-state index < -0.39 is 0 Å². The van der Waals surface area contributed by atoms with Crippen molar-refractivity contribution in [1.82, 2.24) is 4.90 Å². The molecule has 1 aromatic carbocycles. The molecule has 0 bridgehead atoms. The largest absolute Gasteiger partial charge is 0.454 e. The molecule has 1 saturated heterocycles. The van der Waals surface area contributed by atoms with Gasteiger partial charge in [0.25, 0.3) is 0 Å². The van der Waals surface area contributed by atoms with Crippen molar-refractivity contribution in [2.24, 2.45) is 5.92 Å². The predicted octanol–water partition coefficient (Wildman–Crippen LogP) is 2.78. The van der Waals surface area contributed by atoms with Crippen LogP contribution in [0, 0.1) is 5.92 Å². The summed E-state index contributed by atoms with van der Waals surface area (Å²) in [6.07, 6.45) is 1.68. The van der Waals surface area contributed by atoms with Crippen LogP contribution in [0.4, 0.5) is 0 Å². The third kappa shape index (κ3) is 2.60. The second kappa shape index (κ2) is 5.35. The predicted molar refractivity (Wildman–Crippen MR) is 76.0 cm³/mol. The first-order valence-electron chi connectivity index (χ1n) is 7.31. The Morgan fingerprint density at radius 1 is 1.35 bits per heavy atom. The lowest BCUT2D eigenvalue weighted by Crippen LogP contribution is -2.29. The number of rotatable bonds is 3. The molecular weight excluding hydrogens is 254 g/mol. The van der Waals surface area contributed by atoms with Crippen LogP contribution in [0.5, 0.6) is 11.5 Å². The lowest BCUT2D eigenvalue weighted by atomic mass is 9.98. The molecule has 0 saturated carbocycles. The molecule has 0 spiro atoms. The molecule has 0 radical (unpaired) electrons. The molecule has 1 atom stereocenters. The Morgan fingerprint density at radius 3 is 2.95 bits per heavy atom. The van der Waals surface area contributed by atoms with Crippen LogP contribution < -0.4 is 9.47 Å². The van der Waals surface area contributed by atoms with Gasteiger partial charge in [-0.15, -0.1) is 0 Å². The Kier molecular flexibility index (Phi) is 3.55. The molecule has 0 N–H and O–H groups in total. The summed E-state index contributed by atoms with van der Waals surface area (Å²) in [7, 11) is 0. The van der Waals surface area contributed by atoms with E-state index in [1.54, 1.807) is 0 Å². The highest BCUT2D eigenvalue weighted by molar-refractivity contribution is 5.76. The minimum atomic E-state index is 0.281. The van der Waals surface area contributed by atoms with Crippen molar-refractivity contribution in [2.45, 2.75) is 32.6 Å². The van der Waals surface area contributed by atoms with Crippen LogP contribution in [-0.2, 0) is 4.79 Å². The van der Waals surface area contributed by atoms with Crippen LogP contribution in [-0.4, -0.2) is 30.7 Å². The van der Waals surface area contributed by atoms with E-state index in [9.17, 15) is 4.79 Å². The molecule has 1 amide bonds. The van der Waals surface area contributed by atoms with Gasteiger partial charge in [0, 0.05) is 25.4 Å². The first-order chi connectivity index (χ1) is 9.63. The summed E-state index contributed by atoms with van der Waals surface area (Å²) in [5.41, 5.74) is 1.24. The maximum absolute atomic E-state index is 12.1. The Labute approximate surface area is 119 Å². The highest BCUT2D eigenvalue weighted by Crippen LogP contribution is 2.37. The van der Waals surface area contributed by atoms with Crippen LogP contribution in [0.3, 0.4) is 0 Å². The molecule has 4 nitrogen and oxygen atoms in total. The van der Waals surface area contributed by atoms with E-state index in [1.165, 1.54) is 5.56 Å². The van der Waals surface area contributed by atoms with Crippen LogP contribution >= 0.6 is 0 Å². The van der Waals surface area contributed by atoms with Gasteiger partial charge >= 0.3 is 0 Å². The van der Waals surface area contributed by atoms with Gasteiger partial charge in [0.1, 0.15) is 0 Å². The number of carbonyl (C=O) groups excluding carboxylic acids is 1. The summed E-state index contributed by atoms with van der Waals surface area (Å²) in [6.45, 7) is 6.17. The number of likely N-dealkylation sites (tertiary alicyclic amines) is 1. The zero-order chi connectivity index (χ0) is 14.1. The van der Waals surface area contributed by atoms with Crippen molar-refractivity contribution in [3.05, 3.63) is 23.8 Å². The van der Waals surface area contributed by atoms with Crippen molar-refractivity contribution in [1.29, 1.82) is 0 Å². The van der Waals surface area contributed by atoms with Crippen molar-refractivity contribution >= 4 is 5.91 Å². The third-order valence-electron chi connectivity index (χ3n) is 3.99. The summed E-state index contributed by atoms with van der Waals surface area (Å²) < 4.78 is 10.8. The van der Waals surface area contributed by atoms with Crippen LogP contribution in [0.25, 0.3) is 0 Å². The minimum Gasteiger partial charge on any atom is -0.454 e. The van der Waals surface area contributed by atoms with E-state index in [1.807, 2.05) is 11.0 Å². The second-order valence-corrected chi connectivity index (χ2v) is 6.04. The van der Waals surface area contributed by atoms with Gasteiger partial charge in [-0.05, 0) is 30.0 Å². The third-order valence-corrected chi connectivity index (χ3v) is 3.99. The van der Waals surface area contributed by atoms with Gasteiger partial charge in [0.2, 0.25) is 12.7 Å². The Morgan fingerprint density at radius 2 is 2.15 bits per heavy atom. The van der Waals surface area contributed by atoms with E-state index in [0.29, 0.717) is 25.0 Å². The number of ether oxygens (including phenoxy) is 2. The fraction of sp³-hybridized carbons (Fsp3) is 0.562. The molecule has 2 aliphatic heterocycles. The molecular formula is C16H21NO3. The van der Waals surface area contributed by atoms with Gasteiger partial charge in [-0.1, -0.05) is 19.9 Å². The molecule has 1 unspecified atom stereocenters. The van der Waals surface area contributed by atoms with Crippen molar-refractivity contribution < 1.29 is 14.3 Å². The van der Waals surface area contributed by atoms with E-state index in [4.69, 9.17) is 9.47 Å². The van der Waals surface area contributed by atoms with Crippen molar-refractivity contribution in [3.63, 3.8) is 0 Å². The Balaban J connectivity index is 1.66. The normalized spacial score (nSPS) is 20.8. The van der Waals surface area contributed by atoms with Gasteiger partial charge in [-0.25, -0.2) is 0 Å². The fourth-order valence-corrected chi connectivity index (χ4v) is 2.90. The molecule has 0 aromatic heterocycles. The van der Waals surface area contributed by atoms with Gasteiger partial charge in [0.05, 0.1) is 0 Å². The number of hydrogen-bond donors (Lipinski definition) is 0. The fourth-order valence-electron chi connectivity index (χ4n) is 2.90. The standard InChI is InChI=1S/C16H21NO3/c1-11(2)7-16(18)17-6-5-13(9-17)12-3-4-14-15(8-12)20-10-19-14/h3-4,8,11,13H,5-7,9-10H2,1-2H3. The molecule has 2 aliphatic rings. The Hall–Kier alpha value is -1.71. The van der Waals surface area contributed by atoms with E-state index in [-0.39, 0.29) is 5.91 Å². The van der Waals surface area contributed by atoms with Crippen LogP contribution in [0.15, 0.2) is 18.2 Å². The summed E-state index contributed by atoms with van der Waals surface area (Å²) in [5.74, 6) is 2.77. The molecule has 4 heteroatoms.